The Labute approximate surface area is 193 Å². The number of aromatic nitrogens is 1. The number of ether oxygens (including phenoxy) is 1. The van der Waals surface area contributed by atoms with Crippen molar-refractivity contribution in [1.29, 1.82) is 0 Å². The number of thiophene rings is 1. The summed E-state index contributed by atoms with van der Waals surface area (Å²) in [6, 6.07) is 18.3. The summed E-state index contributed by atoms with van der Waals surface area (Å²) in [6.45, 7) is 0.568. The molecule has 2 amide bonds. The van der Waals surface area contributed by atoms with Gasteiger partial charge in [-0.2, -0.15) is 0 Å². The largest absolute Gasteiger partial charge is 0.497 e. The van der Waals surface area contributed by atoms with Crippen LogP contribution in [0, 0.1) is 0 Å². The summed E-state index contributed by atoms with van der Waals surface area (Å²) in [4.78, 5) is 35.8. The molecule has 1 atom stereocenters. The van der Waals surface area contributed by atoms with Crippen LogP contribution in [0.25, 0.3) is 10.2 Å². The van der Waals surface area contributed by atoms with E-state index in [0.717, 1.165) is 16.6 Å². The van der Waals surface area contributed by atoms with E-state index in [0.29, 0.717) is 34.4 Å². The van der Waals surface area contributed by atoms with Gasteiger partial charge in [0.25, 0.3) is 11.8 Å². The molecule has 1 aliphatic heterocycles. The SMILES string of the molecule is COc1cccc(N(C(=O)C2CCCN2C(=O)c2cccs2)c2nc3ccccc3s2)c1. The molecule has 1 fully saturated rings. The number of carbonyl (C=O) groups excluding carboxylic acids is 2. The van der Waals surface area contributed by atoms with Crippen molar-refractivity contribution in [2.45, 2.75) is 18.9 Å². The van der Waals surface area contributed by atoms with E-state index in [1.165, 1.54) is 22.7 Å². The third-order valence-corrected chi connectivity index (χ3v) is 7.42. The van der Waals surface area contributed by atoms with Gasteiger partial charge in [0.05, 0.1) is 27.9 Å². The Morgan fingerprint density at radius 3 is 2.78 bits per heavy atom. The van der Waals surface area contributed by atoms with Crippen molar-refractivity contribution in [3.05, 3.63) is 70.9 Å². The molecule has 0 bridgehead atoms. The second kappa shape index (κ2) is 8.72. The maximum Gasteiger partial charge on any atom is 0.264 e. The highest BCUT2D eigenvalue weighted by Crippen LogP contribution is 2.37. The van der Waals surface area contributed by atoms with E-state index in [1.807, 2.05) is 60.0 Å². The van der Waals surface area contributed by atoms with Gasteiger partial charge in [-0.15, -0.1) is 11.3 Å². The van der Waals surface area contributed by atoms with Gasteiger partial charge in [-0.3, -0.25) is 14.5 Å². The lowest BCUT2D eigenvalue weighted by atomic mass is 10.1. The third kappa shape index (κ3) is 3.76. The molecule has 162 valence electrons. The molecule has 0 saturated carbocycles. The lowest BCUT2D eigenvalue weighted by Crippen LogP contribution is -2.46. The number of benzene rings is 2. The van der Waals surface area contributed by atoms with Gasteiger partial charge < -0.3 is 9.64 Å². The van der Waals surface area contributed by atoms with Crippen molar-refractivity contribution in [3.63, 3.8) is 0 Å². The van der Waals surface area contributed by atoms with E-state index in [-0.39, 0.29) is 11.8 Å². The van der Waals surface area contributed by atoms with Gasteiger partial charge in [0.2, 0.25) is 0 Å². The van der Waals surface area contributed by atoms with E-state index in [9.17, 15) is 9.59 Å². The second-order valence-corrected chi connectivity index (χ2v) is 9.43. The Morgan fingerprint density at radius 1 is 1.12 bits per heavy atom. The van der Waals surface area contributed by atoms with Crippen molar-refractivity contribution in [1.82, 2.24) is 9.88 Å². The molecule has 1 saturated heterocycles. The second-order valence-electron chi connectivity index (χ2n) is 7.47. The number of fused-ring (bicyclic) bond motifs is 1. The van der Waals surface area contributed by atoms with Crippen LogP contribution in [-0.2, 0) is 4.79 Å². The molecule has 8 heteroatoms. The monoisotopic (exact) mass is 463 g/mol. The number of rotatable bonds is 5. The molecule has 2 aromatic carbocycles. The quantitative estimate of drug-likeness (QED) is 0.401. The first-order chi connectivity index (χ1) is 15.7. The summed E-state index contributed by atoms with van der Waals surface area (Å²) in [6.07, 6.45) is 1.42. The first-order valence-electron chi connectivity index (χ1n) is 10.3. The number of para-hydroxylation sites is 1. The highest BCUT2D eigenvalue weighted by Gasteiger charge is 2.39. The van der Waals surface area contributed by atoms with Crippen LogP contribution >= 0.6 is 22.7 Å². The molecule has 1 unspecified atom stereocenters. The van der Waals surface area contributed by atoms with Crippen LogP contribution in [-0.4, -0.2) is 41.4 Å². The summed E-state index contributed by atoms with van der Waals surface area (Å²) in [5.74, 6) is 0.407. The number of nitrogens with zero attached hydrogens (tertiary/aromatic N) is 3. The Kier molecular flexibility index (Phi) is 5.63. The number of methoxy groups -OCH3 is 1. The standard InChI is InChI=1S/C24H21N3O3S2/c1-30-17-8-4-7-16(15-17)27(24-25-18-9-2-3-11-20(18)32-24)22(28)19-10-5-13-26(19)23(29)21-12-6-14-31-21/h2-4,6-9,11-12,14-15,19H,5,10,13H2,1H3. The average Bonchev–Trinajstić information content (AvgIpc) is 3.59. The van der Waals surface area contributed by atoms with Gasteiger partial charge in [0.15, 0.2) is 5.13 Å². The molecule has 5 rings (SSSR count). The molecule has 0 spiro atoms. The fourth-order valence-corrected chi connectivity index (χ4v) is 5.67. The van der Waals surface area contributed by atoms with Crippen molar-refractivity contribution in [2.24, 2.45) is 0 Å². The predicted molar refractivity (Wildman–Crippen MR) is 128 cm³/mol. The van der Waals surface area contributed by atoms with Crippen LogP contribution in [0.15, 0.2) is 66.0 Å². The molecule has 0 radical (unpaired) electrons. The molecule has 4 aromatic rings. The van der Waals surface area contributed by atoms with E-state index < -0.39 is 6.04 Å². The number of hydrogen-bond acceptors (Lipinski definition) is 6. The minimum absolute atomic E-state index is 0.0919. The molecule has 6 nitrogen and oxygen atoms in total. The Hall–Kier alpha value is -3.23. The van der Waals surface area contributed by atoms with Crippen molar-refractivity contribution < 1.29 is 14.3 Å². The maximum absolute atomic E-state index is 14.0. The van der Waals surface area contributed by atoms with Gasteiger partial charge in [-0.25, -0.2) is 4.98 Å². The zero-order chi connectivity index (χ0) is 22.1. The smallest absolute Gasteiger partial charge is 0.264 e. The zero-order valence-corrected chi connectivity index (χ0v) is 19.1. The molecular weight excluding hydrogens is 442 g/mol. The van der Waals surface area contributed by atoms with E-state index in [2.05, 4.69) is 0 Å². The maximum atomic E-state index is 14.0. The minimum Gasteiger partial charge on any atom is -0.497 e. The van der Waals surface area contributed by atoms with Gasteiger partial charge in [-0.1, -0.05) is 35.6 Å². The predicted octanol–water partition coefficient (Wildman–Crippen LogP) is 5.34. The lowest BCUT2D eigenvalue weighted by Gasteiger charge is -2.29. The van der Waals surface area contributed by atoms with Gasteiger partial charge in [0.1, 0.15) is 11.8 Å². The topological polar surface area (TPSA) is 62.7 Å². The average molecular weight is 464 g/mol. The van der Waals surface area contributed by atoms with Crippen molar-refractivity contribution in [2.75, 3.05) is 18.6 Å². The highest BCUT2D eigenvalue weighted by molar-refractivity contribution is 7.22. The summed E-state index contributed by atoms with van der Waals surface area (Å²) in [5, 5.41) is 2.46. The fraction of sp³-hybridized carbons (Fsp3) is 0.208. The van der Waals surface area contributed by atoms with Crippen LogP contribution in [0.5, 0.6) is 5.75 Å². The van der Waals surface area contributed by atoms with Gasteiger partial charge in [0, 0.05) is 12.6 Å². The Morgan fingerprint density at radius 2 is 2.00 bits per heavy atom. The van der Waals surface area contributed by atoms with Crippen LogP contribution < -0.4 is 9.64 Å². The molecule has 2 aromatic heterocycles. The normalized spacial score (nSPS) is 15.8. The molecule has 0 N–H and O–H groups in total. The van der Waals surface area contributed by atoms with E-state index in [4.69, 9.17) is 9.72 Å². The van der Waals surface area contributed by atoms with Crippen LogP contribution in [0.2, 0.25) is 0 Å². The lowest BCUT2D eigenvalue weighted by molar-refractivity contribution is -0.121. The number of hydrogen-bond donors (Lipinski definition) is 0. The minimum atomic E-state index is -0.539. The number of thiazole rings is 1. The molecule has 32 heavy (non-hydrogen) atoms. The van der Waals surface area contributed by atoms with Crippen molar-refractivity contribution in [3.8, 4) is 5.75 Å². The van der Waals surface area contributed by atoms with Crippen LogP contribution in [0.3, 0.4) is 0 Å². The van der Waals surface area contributed by atoms with E-state index >= 15 is 0 Å². The van der Waals surface area contributed by atoms with E-state index in [1.54, 1.807) is 23.0 Å². The van der Waals surface area contributed by atoms with Crippen LogP contribution in [0.1, 0.15) is 22.5 Å². The first-order valence-corrected chi connectivity index (χ1v) is 12.0. The number of anilines is 2. The number of carbonyl (C=O) groups is 2. The molecule has 0 aliphatic carbocycles. The number of amides is 2. The Balaban J connectivity index is 1.56. The van der Waals surface area contributed by atoms with Crippen molar-refractivity contribution >= 4 is 55.5 Å². The summed E-state index contributed by atoms with van der Waals surface area (Å²) < 4.78 is 6.40. The van der Waals surface area contributed by atoms with Gasteiger partial charge in [-0.05, 0) is 48.6 Å². The molecule has 1 aliphatic rings. The summed E-state index contributed by atoms with van der Waals surface area (Å²) in [5.41, 5.74) is 1.51. The van der Waals surface area contributed by atoms with Crippen LogP contribution in [0.4, 0.5) is 10.8 Å². The number of likely N-dealkylation sites (tertiary alicyclic amines) is 1. The molecular formula is C24H21N3O3S2. The first kappa shape index (κ1) is 20.7. The fourth-order valence-electron chi connectivity index (χ4n) is 3.99. The highest BCUT2D eigenvalue weighted by atomic mass is 32.1. The summed E-state index contributed by atoms with van der Waals surface area (Å²) >= 11 is 2.86. The Bertz CT molecular complexity index is 1240. The summed E-state index contributed by atoms with van der Waals surface area (Å²) in [7, 11) is 1.60. The zero-order valence-electron chi connectivity index (χ0n) is 17.4. The third-order valence-electron chi connectivity index (χ3n) is 5.54. The molecule has 3 heterocycles. The van der Waals surface area contributed by atoms with Gasteiger partial charge >= 0.3 is 0 Å².